The highest BCUT2D eigenvalue weighted by atomic mass is 35.5. The molecule has 26 heteroatoms. The fourth-order valence-corrected chi connectivity index (χ4v) is 6.42. The Morgan fingerprint density at radius 1 is 0.721 bits per heavy atom. The number of methoxy groups -OCH3 is 6. The molecule has 7 heterocycles. The molecule has 0 aromatic carbocycles. The minimum Gasteiger partial charge on any atom is -0.491 e. The Bertz CT molecular complexity index is 2630. The topological polar surface area (TPSA) is 249 Å². The van der Waals surface area contributed by atoms with Crippen molar-refractivity contribution < 1.29 is 42.8 Å². The molecule has 366 valence electrons. The quantitative estimate of drug-likeness (QED) is 0.0332. The lowest BCUT2D eigenvalue weighted by molar-refractivity contribution is -0.114. The van der Waals surface area contributed by atoms with Crippen LogP contribution in [0, 0.1) is 0 Å². The fraction of sp³-hybridized carbons (Fsp3) is 0.262. The number of aliphatic imine (C=N–C) groups is 1. The van der Waals surface area contributed by atoms with Gasteiger partial charge in [0, 0.05) is 11.8 Å². The van der Waals surface area contributed by atoms with E-state index in [1.807, 2.05) is 6.07 Å². The maximum Gasteiger partial charge on any atom is 0.258 e. The summed E-state index contributed by atoms with van der Waals surface area (Å²) in [4.78, 5) is 60.0. The number of ether oxygens (including phenoxy) is 6. The predicted molar refractivity (Wildman–Crippen MR) is 274 cm³/mol. The number of aromatic amines is 1. The molecule has 1 aliphatic heterocycles. The van der Waals surface area contributed by atoms with Crippen LogP contribution >= 0.6 is 82.4 Å². The summed E-state index contributed by atoms with van der Waals surface area (Å²) in [5.41, 5.74) is 8.19. The second-order valence-corrected chi connectivity index (χ2v) is 15.6. The molecule has 0 fully saturated rings. The zero-order valence-electron chi connectivity index (χ0n) is 36.4. The minimum atomic E-state index is -0.508. The van der Waals surface area contributed by atoms with Crippen molar-refractivity contribution in [3.63, 3.8) is 0 Å². The van der Waals surface area contributed by atoms with E-state index in [9.17, 15) is 14.4 Å². The van der Waals surface area contributed by atoms with Crippen LogP contribution < -0.4 is 44.8 Å². The van der Waals surface area contributed by atoms with Gasteiger partial charge in [0.2, 0.25) is 17.1 Å². The van der Waals surface area contributed by atoms with Gasteiger partial charge in [-0.05, 0) is 71.8 Å². The van der Waals surface area contributed by atoms with Crippen molar-refractivity contribution in [2.75, 3.05) is 76.5 Å². The number of H-pyrrole nitrogens is 1. The van der Waals surface area contributed by atoms with Crippen LogP contribution in [-0.4, -0.2) is 112 Å². The molecule has 0 saturated heterocycles. The smallest absolute Gasteiger partial charge is 0.258 e. The number of carbonyl (C=O) groups excluding carboxylic acids is 3. The molecule has 0 aliphatic carbocycles. The van der Waals surface area contributed by atoms with Crippen molar-refractivity contribution in [2.24, 2.45) is 4.99 Å². The van der Waals surface area contributed by atoms with Crippen molar-refractivity contribution >= 4 is 139 Å². The number of nitrogens with zero attached hydrogens (tertiary/aromatic N) is 6. The first-order valence-corrected chi connectivity index (χ1v) is 22.3. The van der Waals surface area contributed by atoms with E-state index < -0.39 is 5.24 Å². The molecular formula is C42H47Cl5N10O9S2. The SMILES string of the molecule is C.COc1ccc(N)nc1OC.COc1ccc(NC(=O)CCl)nc1OC.COc1ccc(NC(=O)CSC2=Nc3cnc(Cl)cc3C2)nc1OC.O=C(Cl)CCl.Sc1cc2cc(Cl)ncc2[nH]1. The molecule has 0 bridgehead atoms. The highest BCUT2D eigenvalue weighted by molar-refractivity contribution is 8.14. The van der Waals surface area contributed by atoms with Gasteiger partial charge in [0.15, 0.2) is 17.2 Å². The maximum atomic E-state index is 12.1. The van der Waals surface area contributed by atoms with E-state index >= 15 is 0 Å². The zero-order chi connectivity index (χ0) is 49.5. The summed E-state index contributed by atoms with van der Waals surface area (Å²) in [6, 6.07) is 15.5. The number of thiol groups is 1. The average Bonchev–Trinajstić information content (AvgIpc) is 3.92. The lowest BCUT2D eigenvalue weighted by Gasteiger charge is -2.09. The van der Waals surface area contributed by atoms with Gasteiger partial charge in [-0.2, -0.15) is 15.0 Å². The molecule has 2 amide bonds. The average molecular weight is 1080 g/mol. The van der Waals surface area contributed by atoms with Crippen LogP contribution in [0.1, 0.15) is 13.0 Å². The third-order valence-electron chi connectivity index (χ3n) is 7.85. The Balaban J connectivity index is 0.000000317. The molecule has 68 heavy (non-hydrogen) atoms. The first-order chi connectivity index (χ1) is 32.1. The van der Waals surface area contributed by atoms with E-state index in [1.165, 1.54) is 47.3 Å². The molecule has 0 radical (unpaired) electrons. The number of amides is 2. The van der Waals surface area contributed by atoms with Gasteiger partial charge in [-0.1, -0.05) is 30.6 Å². The van der Waals surface area contributed by atoms with Crippen molar-refractivity contribution in [2.45, 2.75) is 18.9 Å². The summed E-state index contributed by atoms with van der Waals surface area (Å²) in [5, 5.41) is 8.38. The lowest BCUT2D eigenvalue weighted by Crippen LogP contribution is -2.16. The standard InChI is InChI=1S/C16H15ClN4O3S.C9H11ClN2O3.C7H5ClN2S.C7H10N2O2.C2H2Cl2O.CH4/c1-23-11-3-4-13(21-16(11)24-2)20-14(22)8-25-15-6-9-5-12(17)18-7-10(9)19-15;1-14-6-3-4-7(11-8(13)5-10)12-9(6)15-2;8-6-1-4-2-7(11)10-5(4)3-9-6;1-10-5-3-4-6(8)9-7(5)11-2;3-1-2(4)5;/h3-5,7H,6,8H2,1-2H3,(H,20,21,22);3-4H,5H2,1-2H3,(H,11,12,13);1-3,10-11H;3-4H,1-2H3,(H2,8,9);1H2;1H4. The number of carbonyl (C=O) groups is 3. The van der Waals surface area contributed by atoms with Crippen molar-refractivity contribution in [1.82, 2.24) is 29.9 Å². The number of alkyl halides is 2. The minimum absolute atomic E-state index is 0. The van der Waals surface area contributed by atoms with E-state index in [2.05, 4.69) is 58.2 Å². The maximum absolute atomic E-state index is 12.1. The number of nitrogen functional groups attached to an aromatic ring is 1. The second-order valence-electron chi connectivity index (χ2n) is 12.3. The van der Waals surface area contributed by atoms with Gasteiger partial charge >= 0.3 is 0 Å². The molecule has 6 aromatic rings. The first kappa shape index (κ1) is 58.4. The number of nitrogens with one attached hydrogen (secondary N) is 3. The van der Waals surface area contributed by atoms with Crippen LogP contribution in [-0.2, 0) is 20.8 Å². The molecule has 0 unspecified atom stereocenters. The number of aromatic nitrogens is 6. The molecular weight excluding hydrogens is 1030 g/mol. The van der Waals surface area contributed by atoms with Crippen LogP contribution in [0.3, 0.4) is 0 Å². The summed E-state index contributed by atoms with van der Waals surface area (Å²) in [7, 11) is 9.06. The van der Waals surface area contributed by atoms with Crippen molar-refractivity contribution in [1.29, 1.82) is 0 Å². The van der Waals surface area contributed by atoms with Gasteiger partial charge in [-0.3, -0.25) is 14.4 Å². The predicted octanol–water partition coefficient (Wildman–Crippen LogP) is 9.19. The molecule has 0 spiro atoms. The molecule has 19 nitrogen and oxygen atoms in total. The number of rotatable bonds is 12. The summed E-state index contributed by atoms with van der Waals surface area (Å²) in [5.74, 6) is 3.32. The number of thioether (sulfide) groups is 1. The normalized spacial score (nSPS) is 10.4. The van der Waals surface area contributed by atoms with Crippen LogP contribution in [0.25, 0.3) is 10.9 Å². The number of pyridine rings is 5. The summed E-state index contributed by atoms with van der Waals surface area (Å²) in [6.45, 7) is 0. The van der Waals surface area contributed by atoms with E-state index in [0.29, 0.717) is 69.1 Å². The number of nitrogens with two attached hydrogens (primary N) is 1. The second kappa shape index (κ2) is 30.6. The monoisotopic (exact) mass is 1070 g/mol. The van der Waals surface area contributed by atoms with Crippen molar-refractivity contribution in [3.8, 4) is 34.9 Å². The van der Waals surface area contributed by atoms with E-state index in [4.69, 9.17) is 92.2 Å². The van der Waals surface area contributed by atoms with Gasteiger partial charge in [-0.15, -0.1) is 47.6 Å². The molecule has 7 rings (SSSR count). The number of halogens is 5. The van der Waals surface area contributed by atoms with Crippen LogP contribution in [0.15, 0.2) is 77.0 Å². The van der Waals surface area contributed by atoms with Crippen molar-refractivity contribution in [3.05, 3.63) is 82.9 Å². The van der Waals surface area contributed by atoms with E-state index in [0.717, 1.165) is 32.2 Å². The number of anilines is 3. The Hall–Kier alpha value is -5.68. The Morgan fingerprint density at radius 3 is 1.74 bits per heavy atom. The van der Waals surface area contributed by atoms with Gasteiger partial charge in [-0.25, -0.2) is 15.0 Å². The Kier molecular flexibility index (Phi) is 26.3. The molecule has 0 atom stereocenters. The molecule has 6 aromatic heterocycles. The Labute approximate surface area is 426 Å². The van der Waals surface area contributed by atoms with Crippen LogP contribution in [0.4, 0.5) is 23.1 Å². The molecule has 0 saturated carbocycles. The molecule has 5 N–H and O–H groups in total. The van der Waals surface area contributed by atoms with Gasteiger partial charge in [0.1, 0.15) is 33.6 Å². The number of hydrogen-bond acceptors (Lipinski definition) is 18. The van der Waals surface area contributed by atoms with E-state index in [-0.39, 0.29) is 36.8 Å². The number of fused-ring (bicyclic) bond motifs is 2. The highest BCUT2D eigenvalue weighted by Gasteiger charge is 2.18. The Morgan fingerprint density at radius 2 is 1.22 bits per heavy atom. The number of hydrogen-bond donors (Lipinski definition) is 5. The fourth-order valence-electron chi connectivity index (χ4n) is 4.96. The third-order valence-corrected chi connectivity index (χ3v) is 10.2. The van der Waals surface area contributed by atoms with Crippen LogP contribution in [0.2, 0.25) is 10.3 Å². The highest BCUT2D eigenvalue weighted by Crippen LogP contribution is 2.32. The van der Waals surface area contributed by atoms with Gasteiger partial charge in [0.25, 0.3) is 17.6 Å². The summed E-state index contributed by atoms with van der Waals surface area (Å²) < 4.78 is 30.0. The largest absolute Gasteiger partial charge is 0.491 e. The first-order valence-electron chi connectivity index (χ1n) is 18.7. The zero-order valence-corrected chi connectivity index (χ0v) is 41.8. The van der Waals surface area contributed by atoms with E-state index in [1.54, 1.807) is 68.0 Å². The lowest BCUT2D eigenvalue weighted by atomic mass is 10.2. The third kappa shape index (κ3) is 19.5. The van der Waals surface area contributed by atoms with Gasteiger partial charge < -0.3 is 49.8 Å². The van der Waals surface area contributed by atoms with Gasteiger partial charge in [0.05, 0.1) is 88.0 Å². The van der Waals surface area contributed by atoms with Crippen LogP contribution in [0.5, 0.6) is 34.9 Å². The summed E-state index contributed by atoms with van der Waals surface area (Å²) >= 11 is 32.0. The summed E-state index contributed by atoms with van der Waals surface area (Å²) in [6.07, 6.45) is 3.99. The molecule has 1 aliphatic rings.